The fourth-order valence-electron chi connectivity index (χ4n) is 3.33. The lowest BCUT2D eigenvalue weighted by Gasteiger charge is -2.32. The molecule has 1 aliphatic carbocycles. The van der Waals surface area contributed by atoms with E-state index in [1.54, 1.807) is 12.1 Å². The second-order valence-corrected chi connectivity index (χ2v) is 8.48. The molecule has 0 radical (unpaired) electrons. The van der Waals surface area contributed by atoms with Crippen molar-refractivity contribution in [3.8, 4) is 0 Å². The molecule has 1 aliphatic heterocycles. The third kappa shape index (κ3) is 3.85. The number of hydrogen-bond donors (Lipinski definition) is 1. The number of carboxylic acids is 1. The molecule has 2 aliphatic rings. The molecule has 0 bridgehead atoms. The predicted molar refractivity (Wildman–Crippen MR) is 89.1 cm³/mol. The van der Waals surface area contributed by atoms with Crippen LogP contribution in [0.15, 0.2) is 23.1 Å². The molecule has 0 saturated carbocycles. The van der Waals surface area contributed by atoms with Gasteiger partial charge in [0.1, 0.15) is 0 Å². The van der Waals surface area contributed by atoms with Gasteiger partial charge in [0.05, 0.1) is 23.9 Å². The molecule has 1 N–H and O–H groups in total. The maximum Gasteiger partial charge on any atom is 0.328 e. The van der Waals surface area contributed by atoms with E-state index in [4.69, 9.17) is 9.84 Å². The van der Waals surface area contributed by atoms with Crippen molar-refractivity contribution in [2.24, 2.45) is 0 Å². The topological polar surface area (TPSA) is 101 Å². The summed E-state index contributed by atoms with van der Waals surface area (Å²) in [6, 6.07) is 4.10. The number of aliphatic carboxylic acids is 1. The van der Waals surface area contributed by atoms with Crippen LogP contribution in [0.5, 0.6) is 0 Å². The van der Waals surface area contributed by atoms with Crippen LogP contribution in [-0.2, 0) is 37.0 Å². The zero-order valence-corrected chi connectivity index (χ0v) is 14.6. The normalized spacial score (nSPS) is 20.3. The highest BCUT2D eigenvalue weighted by molar-refractivity contribution is 7.91. The molecule has 0 aromatic heterocycles. The lowest BCUT2D eigenvalue weighted by molar-refractivity contribution is -0.158. The quantitative estimate of drug-likeness (QED) is 0.820. The minimum absolute atomic E-state index is 0.0708. The number of hydrogen-bond acceptors (Lipinski definition) is 5. The van der Waals surface area contributed by atoms with Crippen molar-refractivity contribution in [1.82, 2.24) is 4.90 Å². The average molecular weight is 367 g/mol. The minimum atomic E-state index is -3.58. The molecule has 8 heteroatoms. The van der Waals surface area contributed by atoms with Gasteiger partial charge in [-0.2, -0.15) is 0 Å². The summed E-state index contributed by atoms with van der Waals surface area (Å²) in [7, 11) is -3.58. The first-order chi connectivity index (χ1) is 11.9. The Labute approximate surface area is 146 Å². The van der Waals surface area contributed by atoms with E-state index in [2.05, 4.69) is 0 Å². The Balaban J connectivity index is 1.67. The van der Waals surface area contributed by atoms with Gasteiger partial charge in [-0.3, -0.25) is 4.79 Å². The van der Waals surface area contributed by atoms with Gasteiger partial charge in [-0.05, 0) is 42.5 Å². The van der Waals surface area contributed by atoms with Gasteiger partial charge < -0.3 is 14.7 Å². The summed E-state index contributed by atoms with van der Waals surface area (Å²) in [5.74, 6) is -1.94. The summed E-state index contributed by atoms with van der Waals surface area (Å²) in [5.41, 5.74) is 2.25. The highest BCUT2D eigenvalue weighted by Crippen LogP contribution is 2.25. The van der Waals surface area contributed by atoms with E-state index in [0.717, 1.165) is 24.8 Å². The SMILES string of the molecule is O=C(O)[C@@H]1COCCN1C(=O)CCS(=O)(=O)c1ccc2c(c1)CCC2. The molecule has 136 valence electrons. The molecule has 7 nitrogen and oxygen atoms in total. The van der Waals surface area contributed by atoms with E-state index in [9.17, 15) is 18.0 Å². The standard InChI is InChI=1S/C17H21NO6S/c19-16(18-7-8-24-11-15(18)17(20)21)6-9-25(22,23)14-5-4-12-2-1-3-13(12)10-14/h4-5,10,15H,1-3,6-9,11H2,(H,20,21)/t15-/m0/s1. The average Bonchev–Trinajstić information content (AvgIpc) is 3.07. The number of rotatable bonds is 5. The zero-order chi connectivity index (χ0) is 18.0. The van der Waals surface area contributed by atoms with Gasteiger partial charge in [0.25, 0.3) is 0 Å². The van der Waals surface area contributed by atoms with E-state index in [1.165, 1.54) is 10.5 Å². The van der Waals surface area contributed by atoms with Crippen LogP contribution in [0.3, 0.4) is 0 Å². The minimum Gasteiger partial charge on any atom is -0.480 e. The Hall–Kier alpha value is -1.93. The Morgan fingerprint density at radius 3 is 2.76 bits per heavy atom. The van der Waals surface area contributed by atoms with Gasteiger partial charge >= 0.3 is 5.97 Å². The molecule has 1 amide bonds. The van der Waals surface area contributed by atoms with Gasteiger partial charge in [0.15, 0.2) is 15.9 Å². The van der Waals surface area contributed by atoms with Gasteiger partial charge in [0.2, 0.25) is 5.91 Å². The fourth-order valence-corrected chi connectivity index (χ4v) is 4.61. The maximum atomic E-state index is 12.5. The molecule has 25 heavy (non-hydrogen) atoms. The van der Waals surface area contributed by atoms with Crippen molar-refractivity contribution in [2.75, 3.05) is 25.5 Å². The second-order valence-electron chi connectivity index (χ2n) is 6.37. The summed E-state index contributed by atoms with van der Waals surface area (Å²) >= 11 is 0. The Bertz CT molecular complexity index is 788. The molecule has 0 spiro atoms. The van der Waals surface area contributed by atoms with Crippen molar-refractivity contribution in [3.05, 3.63) is 29.3 Å². The van der Waals surface area contributed by atoms with Gasteiger partial charge in [0, 0.05) is 13.0 Å². The van der Waals surface area contributed by atoms with Crippen LogP contribution in [0.25, 0.3) is 0 Å². The number of carboxylic acid groups (broad SMARTS) is 1. The Kier molecular flexibility index (Phi) is 5.10. The molecule has 1 fully saturated rings. The van der Waals surface area contributed by atoms with Crippen LogP contribution in [-0.4, -0.2) is 61.9 Å². The van der Waals surface area contributed by atoms with E-state index in [0.29, 0.717) is 0 Å². The van der Waals surface area contributed by atoms with E-state index < -0.39 is 27.8 Å². The second kappa shape index (κ2) is 7.13. The van der Waals surface area contributed by atoms with Crippen LogP contribution < -0.4 is 0 Å². The lowest BCUT2D eigenvalue weighted by atomic mass is 10.1. The molecule has 0 unspecified atom stereocenters. The predicted octanol–water partition coefficient (Wildman–Crippen LogP) is 0.651. The van der Waals surface area contributed by atoms with Crippen molar-refractivity contribution in [1.29, 1.82) is 0 Å². The molecule has 1 atom stereocenters. The number of fused-ring (bicyclic) bond motifs is 1. The summed E-state index contributed by atoms with van der Waals surface area (Å²) in [6.07, 6.45) is 2.65. The number of morpholine rings is 1. The van der Waals surface area contributed by atoms with E-state index >= 15 is 0 Å². The number of aryl methyl sites for hydroxylation is 2. The summed E-state index contributed by atoms with van der Waals surface area (Å²) in [4.78, 5) is 25.0. The molecule has 3 rings (SSSR count). The first kappa shape index (κ1) is 17.9. The Morgan fingerprint density at radius 2 is 2.00 bits per heavy atom. The highest BCUT2D eigenvalue weighted by Gasteiger charge is 2.33. The number of ether oxygens (including phenoxy) is 1. The number of amides is 1. The molecular weight excluding hydrogens is 346 g/mol. The summed E-state index contributed by atoms with van der Waals surface area (Å²) < 4.78 is 30.1. The number of nitrogens with zero attached hydrogens (tertiary/aromatic N) is 1. The van der Waals surface area contributed by atoms with Crippen molar-refractivity contribution in [3.63, 3.8) is 0 Å². The fraction of sp³-hybridized carbons (Fsp3) is 0.529. The highest BCUT2D eigenvalue weighted by atomic mass is 32.2. The van der Waals surface area contributed by atoms with E-state index in [1.807, 2.05) is 6.07 Å². The molecule has 1 saturated heterocycles. The number of sulfone groups is 1. The van der Waals surface area contributed by atoms with Crippen molar-refractivity contribution in [2.45, 2.75) is 36.6 Å². The van der Waals surface area contributed by atoms with Crippen LogP contribution >= 0.6 is 0 Å². The van der Waals surface area contributed by atoms with Crippen LogP contribution in [0, 0.1) is 0 Å². The monoisotopic (exact) mass is 367 g/mol. The van der Waals surface area contributed by atoms with Gasteiger partial charge in [-0.1, -0.05) is 6.07 Å². The third-order valence-electron chi connectivity index (χ3n) is 4.75. The van der Waals surface area contributed by atoms with Crippen molar-refractivity contribution < 1.29 is 27.9 Å². The Morgan fingerprint density at radius 1 is 1.24 bits per heavy atom. The van der Waals surface area contributed by atoms with Gasteiger partial charge in [-0.15, -0.1) is 0 Å². The van der Waals surface area contributed by atoms with Crippen LogP contribution in [0.4, 0.5) is 0 Å². The smallest absolute Gasteiger partial charge is 0.328 e. The van der Waals surface area contributed by atoms with Crippen molar-refractivity contribution >= 4 is 21.7 Å². The molecule has 1 heterocycles. The van der Waals surface area contributed by atoms with Gasteiger partial charge in [-0.25, -0.2) is 13.2 Å². The van der Waals surface area contributed by atoms with E-state index in [-0.39, 0.29) is 36.8 Å². The molecular formula is C17H21NO6S. The maximum absolute atomic E-state index is 12.5. The van der Waals surface area contributed by atoms with Crippen LogP contribution in [0.1, 0.15) is 24.0 Å². The number of benzene rings is 1. The number of carbonyl (C=O) groups is 2. The molecule has 1 aromatic rings. The number of carbonyl (C=O) groups excluding carboxylic acids is 1. The summed E-state index contributed by atoms with van der Waals surface area (Å²) in [5, 5.41) is 9.16. The molecule has 1 aromatic carbocycles. The lowest BCUT2D eigenvalue weighted by Crippen LogP contribution is -2.52. The first-order valence-electron chi connectivity index (χ1n) is 8.33. The zero-order valence-electron chi connectivity index (χ0n) is 13.8. The third-order valence-corrected chi connectivity index (χ3v) is 6.46. The first-order valence-corrected chi connectivity index (χ1v) is 9.98. The van der Waals surface area contributed by atoms with Crippen LogP contribution in [0.2, 0.25) is 0 Å². The summed E-state index contributed by atoms with van der Waals surface area (Å²) in [6.45, 7) is 0.348. The largest absolute Gasteiger partial charge is 0.480 e.